The molecule has 0 spiro atoms. The van der Waals surface area contributed by atoms with Crippen LogP contribution >= 0.6 is 15.9 Å². The van der Waals surface area contributed by atoms with E-state index in [1.807, 2.05) is 0 Å². The second-order valence-corrected chi connectivity index (χ2v) is 4.93. The number of rotatable bonds is 1. The smallest absolute Gasteiger partial charge is 0.328 e. The molecule has 0 aromatic heterocycles. The Morgan fingerprint density at radius 1 is 1.32 bits per heavy atom. The number of carbonyl (C=O) groups is 2. The van der Waals surface area contributed by atoms with E-state index in [-0.39, 0.29) is 18.4 Å². The Morgan fingerprint density at radius 3 is 2.63 bits per heavy atom. The number of carbonyl (C=O) groups excluding carboxylic acids is 2. The van der Waals surface area contributed by atoms with Gasteiger partial charge in [-0.25, -0.2) is 4.79 Å². The third-order valence-corrected chi connectivity index (χ3v) is 3.56. The summed E-state index contributed by atoms with van der Waals surface area (Å²) in [6.45, 7) is 0.181. The molecule has 1 aromatic carbocycles. The van der Waals surface area contributed by atoms with E-state index in [4.69, 9.17) is 9.47 Å². The summed E-state index contributed by atoms with van der Waals surface area (Å²) in [6, 6.07) is 3.07. The maximum Gasteiger partial charge on any atom is 0.328 e. The number of likely N-dealkylation sites (N-methyl/N-ethyl adjacent to an activating group) is 1. The van der Waals surface area contributed by atoms with Crippen LogP contribution in [0.3, 0.4) is 0 Å². The van der Waals surface area contributed by atoms with Crippen LogP contribution in [0, 0.1) is 0 Å². The van der Waals surface area contributed by atoms with Crippen LogP contribution in [0.2, 0.25) is 0 Å². The van der Waals surface area contributed by atoms with Crippen LogP contribution in [0.5, 0.6) is 11.5 Å². The fourth-order valence-electron chi connectivity index (χ4n) is 1.82. The standard InChI is InChI=1S/C12H9BrN2O4/c1-15-11(16)8(14-12(15)17)2-6-3-9-10(4-7(6)13)19-5-18-9/h2-4H,5H2,1H3,(H,14,17)/b8-2-. The van der Waals surface area contributed by atoms with Crippen molar-refractivity contribution in [3.05, 3.63) is 27.9 Å². The minimum absolute atomic E-state index is 0.181. The largest absolute Gasteiger partial charge is 0.454 e. The van der Waals surface area contributed by atoms with Gasteiger partial charge in [-0.3, -0.25) is 9.69 Å². The summed E-state index contributed by atoms with van der Waals surface area (Å²) in [5, 5.41) is 2.50. The number of nitrogens with zero attached hydrogens (tertiary/aromatic N) is 1. The molecule has 2 aliphatic heterocycles. The Bertz CT molecular complexity index is 626. The second kappa shape index (κ2) is 4.27. The number of hydrogen-bond acceptors (Lipinski definition) is 4. The van der Waals surface area contributed by atoms with Crippen molar-refractivity contribution in [2.45, 2.75) is 0 Å². The first-order chi connectivity index (χ1) is 9.06. The quantitative estimate of drug-likeness (QED) is 0.630. The fourth-order valence-corrected chi connectivity index (χ4v) is 2.26. The van der Waals surface area contributed by atoms with E-state index in [9.17, 15) is 9.59 Å². The van der Waals surface area contributed by atoms with Crippen molar-refractivity contribution in [2.24, 2.45) is 0 Å². The predicted molar refractivity (Wildman–Crippen MR) is 69.5 cm³/mol. The Balaban J connectivity index is 2.00. The minimum atomic E-state index is -0.437. The van der Waals surface area contributed by atoms with Gasteiger partial charge in [0.1, 0.15) is 5.70 Å². The molecule has 6 nitrogen and oxygen atoms in total. The van der Waals surface area contributed by atoms with Crippen molar-refractivity contribution in [1.29, 1.82) is 0 Å². The van der Waals surface area contributed by atoms with E-state index in [1.54, 1.807) is 18.2 Å². The van der Waals surface area contributed by atoms with Crippen LogP contribution in [0.15, 0.2) is 22.3 Å². The summed E-state index contributed by atoms with van der Waals surface area (Å²) in [6.07, 6.45) is 1.59. The number of hydrogen-bond donors (Lipinski definition) is 1. The molecule has 7 heteroatoms. The molecule has 0 aliphatic carbocycles. The highest BCUT2D eigenvalue weighted by Gasteiger charge is 2.30. The monoisotopic (exact) mass is 324 g/mol. The number of halogens is 1. The second-order valence-electron chi connectivity index (χ2n) is 4.08. The number of nitrogens with one attached hydrogen (secondary N) is 1. The summed E-state index contributed by atoms with van der Waals surface area (Å²) in [4.78, 5) is 24.1. The molecule has 0 saturated carbocycles. The van der Waals surface area contributed by atoms with Crippen molar-refractivity contribution in [3.8, 4) is 11.5 Å². The summed E-state index contributed by atoms with van der Waals surface area (Å²) >= 11 is 3.39. The van der Waals surface area contributed by atoms with Crippen LogP contribution in [-0.2, 0) is 4.79 Å². The average molecular weight is 325 g/mol. The number of urea groups is 1. The van der Waals surface area contributed by atoms with Crippen molar-refractivity contribution in [1.82, 2.24) is 10.2 Å². The van der Waals surface area contributed by atoms with E-state index < -0.39 is 6.03 Å². The molecule has 1 fully saturated rings. The lowest BCUT2D eigenvalue weighted by molar-refractivity contribution is -0.121. The zero-order valence-electron chi connectivity index (χ0n) is 9.90. The molecule has 0 atom stereocenters. The van der Waals surface area contributed by atoms with E-state index in [0.717, 1.165) is 14.9 Å². The van der Waals surface area contributed by atoms with E-state index >= 15 is 0 Å². The van der Waals surface area contributed by atoms with E-state index in [0.29, 0.717) is 11.5 Å². The Hall–Kier alpha value is -2.02. The molecule has 0 radical (unpaired) electrons. The molecule has 0 unspecified atom stereocenters. The maximum absolute atomic E-state index is 11.8. The average Bonchev–Trinajstić information content (AvgIpc) is 2.91. The van der Waals surface area contributed by atoms with Crippen molar-refractivity contribution < 1.29 is 19.1 Å². The van der Waals surface area contributed by atoms with E-state index in [2.05, 4.69) is 21.2 Å². The van der Waals surface area contributed by atoms with Gasteiger partial charge in [0.15, 0.2) is 11.5 Å². The third kappa shape index (κ3) is 1.95. The molecule has 2 heterocycles. The molecule has 1 N–H and O–H groups in total. The first-order valence-electron chi connectivity index (χ1n) is 5.46. The van der Waals surface area contributed by atoms with Crippen LogP contribution < -0.4 is 14.8 Å². The molecule has 1 aromatic rings. The SMILES string of the molecule is CN1C(=O)N/C(=C\c2cc3c(cc2Br)OCO3)C1=O. The molecular weight excluding hydrogens is 316 g/mol. The molecule has 98 valence electrons. The van der Waals surface area contributed by atoms with Crippen LogP contribution in [0.25, 0.3) is 6.08 Å². The highest BCUT2D eigenvalue weighted by molar-refractivity contribution is 9.10. The molecule has 0 bridgehead atoms. The molecule has 19 heavy (non-hydrogen) atoms. The number of ether oxygens (including phenoxy) is 2. The van der Waals surface area contributed by atoms with Gasteiger partial charge in [-0.05, 0) is 23.8 Å². The summed E-state index contributed by atoms with van der Waals surface area (Å²) < 4.78 is 11.3. The van der Waals surface area contributed by atoms with Crippen molar-refractivity contribution in [3.63, 3.8) is 0 Å². The van der Waals surface area contributed by atoms with Crippen molar-refractivity contribution in [2.75, 3.05) is 13.8 Å². The maximum atomic E-state index is 11.8. The lowest BCUT2D eigenvalue weighted by Crippen LogP contribution is -2.25. The molecular formula is C12H9BrN2O4. The fraction of sp³-hybridized carbons (Fsp3) is 0.167. The summed E-state index contributed by atoms with van der Waals surface area (Å²) in [5.41, 5.74) is 0.954. The van der Waals surface area contributed by atoms with Crippen LogP contribution in [0.1, 0.15) is 5.56 Å². The van der Waals surface area contributed by atoms with Gasteiger partial charge in [0.05, 0.1) is 0 Å². The predicted octanol–water partition coefficient (Wildman–Crippen LogP) is 1.70. The molecule has 1 saturated heterocycles. The zero-order valence-corrected chi connectivity index (χ0v) is 11.5. The number of amides is 3. The first kappa shape index (κ1) is 12.0. The van der Waals surface area contributed by atoms with Gasteiger partial charge in [0.2, 0.25) is 6.79 Å². The van der Waals surface area contributed by atoms with Gasteiger partial charge in [-0.1, -0.05) is 15.9 Å². The lowest BCUT2D eigenvalue weighted by Gasteiger charge is -2.03. The summed E-state index contributed by atoms with van der Waals surface area (Å²) in [7, 11) is 1.42. The highest BCUT2D eigenvalue weighted by atomic mass is 79.9. The summed E-state index contributed by atoms with van der Waals surface area (Å²) in [5.74, 6) is 0.891. The minimum Gasteiger partial charge on any atom is -0.454 e. The first-order valence-corrected chi connectivity index (χ1v) is 6.25. The Kier molecular flexibility index (Phi) is 2.70. The zero-order chi connectivity index (χ0) is 13.6. The third-order valence-electron chi connectivity index (χ3n) is 2.87. The number of imide groups is 1. The Morgan fingerprint density at radius 2 is 2.00 bits per heavy atom. The van der Waals surface area contributed by atoms with Gasteiger partial charge in [0, 0.05) is 11.5 Å². The topological polar surface area (TPSA) is 67.9 Å². The van der Waals surface area contributed by atoms with Crippen LogP contribution in [-0.4, -0.2) is 30.7 Å². The van der Waals surface area contributed by atoms with Gasteiger partial charge in [-0.15, -0.1) is 0 Å². The lowest BCUT2D eigenvalue weighted by atomic mass is 10.1. The highest BCUT2D eigenvalue weighted by Crippen LogP contribution is 2.37. The number of fused-ring (bicyclic) bond motifs is 1. The van der Waals surface area contributed by atoms with E-state index in [1.165, 1.54) is 7.05 Å². The van der Waals surface area contributed by atoms with Gasteiger partial charge in [-0.2, -0.15) is 0 Å². The van der Waals surface area contributed by atoms with Gasteiger partial charge < -0.3 is 14.8 Å². The molecule has 2 aliphatic rings. The molecule has 3 rings (SSSR count). The Labute approximate surface area is 117 Å². The van der Waals surface area contributed by atoms with Gasteiger partial charge in [0.25, 0.3) is 5.91 Å². The number of benzene rings is 1. The van der Waals surface area contributed by atoms with Gasteiger partial charge >= 0.3 is 6.03 Å². The normalized spacial score (nSPS) is 19.3. The van der Waals surface area contributed by atoms with Crippen LogP contribution in [0.4, 0.5) is 4.79 Å². The molecule has 3 amide bonds. The van der Waals surface area contributed by atoms with Crippen molar-refractivity contribution >= 4 is 33.9 Å².